The Bertz CT molecular complexity index is 630. The lowest BCUT2D eigenvalue weighted by Crippen LogP contribution is -2.30. The number of benzene rings is 2. The van der Waals surface area contributed by atoms with Crippen LogP contribution < -0.4 is 4.74 Å². The van der Waals surface area contributed by atoms with E-state index in [1.807, 2.05) is 24.3 Å². The molecule has 2 atom stereocenters. The molecule has 2 unspecified atom stereocenters. The molecule has 0 N–H and O–H groups in total. The minimum Gasteiger partial charge on any atom is -0.486 e. The molecule has 2 aromatic carbocycles. The molecule has 3 rings (SSSR count). The summed E-state index contributed by atoms with van der Waals surface area (Å²) in [6.07, 6.45) is 3.45. The molecule has 4 heteroatoms. The second-order valence-electron chi connectivity index (χ2n) is 6.15. The van der Waals surface area contributed by atoms with Gasteiger partial charge in [-0.2, -0.15) is 0 Å². The van der Waals surface area contributed by atoms with Crippen molar-refractivity contribution < 1.29 is 4.74 Å². The van der Waals surface area contributed by atoms with Gasteiger partial charge >= 0.3 is 0 Å². The molecule has 2 aromatic rings. The Balaban J connectivity index is 0.00000192. The van der Waals surface area contributed by atoms with Gasteiger partial charge in [0.05, 0.1) is 0 Å². The maximum Gasteiger partial charge on any atom is 0.125 e. The smallest absolute Gasteiger partial charge is 0.125 e. The van der Waals surface area contributed by atoms with Crippen LogP contribution in [-0.4, -0.2) is 25.0 Å². The fourth-order valence-electron chi connectivity index (χ4n) is 3.15. The summed E-state index contributed by atoms with van der Waals surface area (Å²) in [6.45, 7) is 0. The third-order valence-corrected chi connectivity index (χ3v) is 4.99. The summed E-state index contributed by atoms with van der Waals surface area (Å²) in [5.74, 6) is 0.933. The molecule has 0 aromatic heterocycles. The maximum absolute atomic E-state index is 6.35. The van der Waals surface area contributed by atoms with Crippen LogP contribution in [0, 0.1) is 0 Å². The van der Waals surface area contributed by atoms with E-state index in [0.29, 0.717) is 6.04 Å². The van der Waals surface area contributed by atoms with E-state index in [4.69, 9.17) is 4.74 Å². The topological polar surface area (TPSA) is 12.5 Å². The average Bonchev–Trinajstić information content (AvgIpc) is 2.70. The summed E-state index contributed by atoms with van der Waals surface area (Å²) >= 11 is 3.48. The predicted octanol–water partition coefficient (Wildman–Crippen LogP) is 5.26. The van der Waals surface area contributed by atoms with Crippen molar-refractivity contribution in [2.24, 2.45) is 0 Å². The van der Waals surface area contributed by atoms with Crippen molar-refractivity contribution in [3.63, 3.8) is 0 Å². The summed E-state index contributed by atoms with van der Waals surface area (Å²) in [7, 11) is 4.33. The summed E-state index contributed by atoms with van der Waals surface area (Å²) in [5, 5.41) is 0. The van der Waals surface area contributed by atoms with E-state index >= 15 is 0 Å². The SMILES string of the molecule is CN(C)C1CCc2ccccc2C(Oc2ccc(Br)cc2)C1.Cl. The van der Waals surface area contributed by atoms with Crippen molar-refractivity contribution in [1.29, 1.82) is 0 Å². The van der Waals surface area contributed by atoms with Gasteiger partial charge in [0.2, 0.25) is 0 Å². The number of ether oxygens (including phenoxy) is 1. The van der Waals surface area contributed by atoms with Gasteiger partial charge in [0.15, 0.2) is 0 Å². The van der Waals surface area contributed by atoms with Gasteiger partial charge in [-0.1, -0.05) is 40.2 Å². The van der Waals surface area contributed by atoms with Gasteiger partial charge in [0, 0.05) is 16.9 Å². The van der Waals surface area contributed by atoms with Crippen LogP contribution in [0.1, 0.15) is 30.1 Å². The van der Waals surface area contributed by atoms with Crippen LogP contribution in [0.5, 0.6) is 5.75 Å². The van der Waals surface area contributed by atoms with E-state index in [2.05, 4.69) is 59.2 Å². The maximum atomic E-state index is 6.35. The third-order valence-electron chi connectivity index (χ3n) is 4.46. The first-order valence-corrected chi connectivity index (χ1v) is 8.59. The van der Waals surface area contributed by atoms with E-state index in [-0.39, 0.29) is 18.5 Å². The van der Waals surface area contributed by atoms with Crippen LogP contribution >= 0.6 is 28.3 Å². The Morgan fingerprint density at radius 3 is 2.43 bits per heavy atom. The molecule has 0 spiro atoms. The highest BCUT2D eigenvalue weighted by Gasteiger charge is 2.26. The predicted molar refractivity (Wildman–Crippen MR) is 102 cm³/mol. The van der Waals surface area contributed by atoms with Crippen molar-refractivity contribution in [3.05, 3.63) is 64.1 Å². The molecule has 1 aliphatic carbocycles. The van der Waals surface area contributed by atoms with E-state index in [1.54, 1.807) is 0 Å². The van der Waals surface area contributed by atoms with Crippen LogP contribution in [-0.2, 0) is 6.42 Å². The molecule has 0 fully saturated rings. The highest BCUT2D eigenvalue weighted by Crippen LogP contribution is 2.34. The summed E-state index contributed by atoms with van der Waals surface area (Å²) in [4.78, 5) is 2.32. The second kappa shape index (κ2) is 8.18. The normalized spacial score (nSPS) is 20.3. The monoisotopic (exact) mass is 395 g/mol. The first-order chi connectivity index (χ1) is 10.6. The Morgan fingerprint density at radius 2 is 1.74 bits per heavy atom. The van der Waals surface area contributed by atoms with E-state index < -0.39 is 0 Å². The van der Waals surface area contributed by atoms with E-state index in [9.17, 15) is 0 Å². The van der Waals surface area contributed by atoms with Crippen molar-refractivity contribution >= 4 is 28.3 Å². The Labute approximate surface area is 153 Å². The first-order valence-electron chi connectivity index (χ1n) is 7.80. The van der Waals surface area contributed by atoms with Crippen LogP contribution in [0.25, 0.3) is 0 Å². The van der Waals surface area contributed by atoms with Gasteiger partial charge in [-0.05, 0) is 62.3 Å². The lowest BCUT2D eigenvalue weighted by molar-refractivity contribution is 0.147. The lowest BCUT2D eigenvalue weighted by Gasteiger charge is -2.27. The zero-order valence-electron chi connectivity index (χ0n) is 13.5. The number of halogens is 2. The molecular weight excluding hydrogens is 374 g/mol. The molecule has 0 bridgehead atoms. The van der Waals surface area contributed by atoms with Gasteiger partial charge in [-0.3, -0.25) is 0 Å². The zero-order chi connectivity index (χ0) is 15.5. The minimum absolute atomic E-state index is 0. The molecule has 0 radical (unpaired) electrons. The van der Waals surface area contributed by atoms with Crippen molar-refractivity contribution in [1.82, 2.24) is 4.90 Å². The fourth-order valence-corrected chi connectivity index (χ4v) is 3.41. The van der Waals surface area contributed by atoms with Crippen LogP contribution in [0.2, 0.25) is 0 Å². The Kier molecular flexibility index (Phi) is 6.51. The number of nitrogens with zero attached hydrogens (tertiary/aromatic N) is 1. The number of fused-ring (bicyclic) bond motifs is 1. The molecule has 23 heavy (non-hydrogen) atoms. The first kappa shape index (κ1) is 18.3. The average molecular weight is 397 g/mol. The second-order valence-corrected chi connectivity index (χ2v) is 7.07. The van der Waals surface area contributed by atoms with Crippen molar-refractivity contribution in [2.75, 3.05) is 14.1 Å². The zero-order valence-corrected chi connectivity index (χ0v) is 15.9. The fraction of sp³-hybridized carbons (Fsp3) is 0.368. The number of rotatable bonds is 3. The van der Waals surface area contributed by atoms with Gasteiger partial charge in [-0.25, -0.2) is 0 Å². The lowest BCUT2D eigenvalue weighted by atomic mass is 10.0. The van der Waals surface area contributed by atoms with E-state index in [1.165, 1.54) is 17.5 Å². The summed E-state index contributed by atoms with van der Waals surface area (Å²) in [5.41, 5.74) is 2.77. The number of aryl methyl sites for hydroxylation is 1. The number of hydrogen-bond donors (Lipinski definition) is 0. The van der Waals surface area contributed by atoms with Gasteiger partial charge in [0.1, 0.15) is 11.9 Å². The molecular formula is C19H23BrClNO. The molecule has 1 aliphatic rings. The molecule has 0 aliphatic heterocycles. The highest BCUT2D eigenvalue weighted by atomic mass is 79.9. The summed E-state index contributed by atoms with van der Waals surface area (Å²) in [6, 6.07) is 17.4. The Hall–Kier alpha value is -1.03. The minimum atomic E-state index is 0. The van der Waals surface area contributed by atoms with Gasteiger partial charge < -0.3 is 9.64 Å². The molecule has 0 heterocycles. The van der Waals surface area contributed by atoms with Crippen molar-refractivity contribution in [3.8, 4) is 5.75 Å². The van der Waals surface area contributed by atoms with Crippen LogP contribution in [0.4, 0.5) is 0 Å². The van der Waals surface area contributed by atoms with Crippen LogP contribution in [0.3, 0.4) is 0 Å². The summed E-state index contributed by atoms with van der Waals surface area (Å²) < 4.78 is 7.43. The van der Waals surface area contributed by atoms with Gasteiger partial charge in [0.25, 0.3) is 0 Å². The number of hydrogen-bond acceptors (Lipinski definition) is 2. The molecule has 124 valence electrons. The molecule has 2 nitrogen and oxygen atoms in total. The van der Waals surface area contributed by atoms with Gasteiger partial charge in [-0.15, -0.1) is 12.4 Å². The van der Waals surface area contributed by atoms with Crippen LogP contribution in [0.15, 0.2) is 53.0 Å². The molecule has 0 amide bonds. The molecule has 0 saturated heterocycles. The molecule has 0 saturated carbocycles. The third kappa shape index (κ3) is 4.50. The Morgan fingerprint density at radius 1 is 1.04 bits per heavy atom. The standard InChI is InChI=1S/C19H22BrNO.ClH/c1-21(2)16-10-7-14-5-3-4-6-18(14)19(13-16)22-17-11-8-15(20)9-12-17;/h3-6,8-9,11-12,16,19H,7,10,13H2,1-2H3;1H. The van der Waals surface area contributed by atoms with E-state index in [0.717, 1.165) is 23.1 Å². The largest absolute Gasteiger partial charge is 0.486 e. The van der Waals surface area contributed by atoms with Crippen molar-refractivity contribution in [2.45, 2.75) is 31.4 Å². The highest BCUT2D eigenvalue weighted by molar-refractivity contribution is 9.10. The quantitative estimate of drug-likeness (QED) is 0.656.